The third-order valence-electron chi connectivity index (χ3n) is 3.15. The lowest BCUT2D eigenvalue weighted by Crippen LogP contribution is -2.26. The first-order chi connectivity index (χ1) is 11.6. The van der Waals surface area contributed by atoms with Gasteiger partial charge < -0.3 is 17.2 Å². The predicted molar refractivity (Wildman–Crippen MR) is 100 cm³/mol. The summed E-state index contributed by atoms with van der Waals surface area (Å²) in [5.74, 6) is -0.116. The van der Waals surface area contributed by atoms with Gasteiger partial charge in [0.25, 0.3) is 0 Å². The van der Waals surface area contributed by atoms with E-state index >= 15 is 0 Å². The second-order valence-corrected chi connectivity index (χ2v) is 5.82. The number of aliphatic imine (C=N–C) groups is 2. The molecule has 6 nitrogen and oxygen atoms in total. The van der Waals surface area contributed by atoms with Crippen LogP contribution < -0.4 is 17.2 Å². The summed E-state index contributed by atoms with van der Waals surface area (Å²) in [6, 6.07) is 17.6. The van der Waals surface area contributed by atoms with Crippen LogP contribution in [0.4, 0.5) is 5.69 Å². The normalized spacial score (nSPS) is 11.2. The Hall–Kier alpha value is -3.19. The highest BCUT2D eigenvalue weighted by Crippen LogP contribution is 2.30. The van der Waals surface area contributed by atoms with Crippen LogP contribution in [0.15, 0.2) is 70.0 Å². The number of thiazole rings is 1. The lowest BCUT2D eigenvalue weighted by Gasteiger charge is -2.00. The molecule has 0 saturated carbocycles. The minimum atomic E-state index is -0.126. The van der Waals surface area contributed by atoms with E-state index in [1.807, 2.05) is 60.0 Å². The molecule has 120 valence electrons. The molecule has 0 fully saturated rings. The van der Waals surface area contributed by atoms with Crippen LogP contribution in [0.3, 0.4) is 0 Å². The van der Waals surface area contributed by atoms with Crippen LogP contribution in [0.1, 0.15) is 0 Å². The van der Waals surface area contributed by atoms with Crippen molar-refractivity contribution in [3.05, 3.63) is 60.0 Å². The smallest absolute Gasteiger partial charge is 0.223 e. The summed E-state index contributed by atoms with van der Waals surface area (Å²) < 4.78 is 0. The molecule has 6 N–H and O–H groups in total. The maximum atomic E-state index is 5.66. The Morgan fingerprint density at radius 2 is 1.67 bits per heavy atom. The molecule has 24 heavy (non-hydrogen) atoms. The van der Waals surface area contributed by atoms with Crippen molar-refractivity contribution in [2.75, 3.05) is 0 Å². The number of aromatic nitrogens is 1. The van der Waals surface area contributed by atoms with Gasteiger partial charge >= 0.3 is 0 Å². The fourth-order valence-corrected chi connectivity index (χ4v) is 2.98. The summed E-state index contributed by atoms with van der Waals surface area (Å²) in [6.07, 6.45) is 0. The van der Waals surface area contributed by atoms with E-state index in [1.165, 1.54) is 0 Å². The van der Waals surface area contributed by atoms with Crippen molar-refractivity contribution in [1.82, 2.24) is 4.98 Å². The Morgan fingerprint density at radius 3 is 2.42 bits per heavy atom. The van der Waals surface area contributed by atoms with E-state index in [1.54, 1.807) is 11.3 Å². The molecule has 0 aliphatic rings. The first kappa shape index (κ1) is 15.7. The number of benzene rings is 2. The van der Waals surface area contributed by atoms with Gasteiger partial charge in [-0.3, -0.25) is 0 Å². The molecule has 0 amide bonds. The van der Waals surface area contributed by atoms with Crippen molar-refractivity contribution in [2.45, 2.75) is 0 Å². The molecule has 3 aromatic rings. The number of guanidine groups is 2. The average Bonchev–Trinajstić information content (AvgIpc) is 3.05. The second kappa shape index (κ2) is 6.93. The van der Waals surface area contributed by atoms with Crippen molar-refractivity contribution >= 4 is 28.9 Å². The van der Waals surface area contributed by atoms with Crippen LogP contribution in [0.2, 0.25) is 0 Å². The van der Waals surface area contributed by atoms with Crippen LogP contribution in [0.25, 0.3) is 21.8 Å². The molecule has 2 aromatic carbocycles. The number of rotatable bonds is 3. The van der Waals surface area contributed by atoms with Gasteiger partial charge in [-0.15, -0.1) is 11.3 Å². The van der Waals surface area contributed by atoms with E-state index in [-0.39, 0.29) is 11.9 Å². The van der Waals surface area contributed by atoms with Crippen molar-refractivity contribution < 1.29 is 0 Å². The maximum absolute atomic E-state index is 5.66. The van der Waals surface area contributed by atoms with Crippen LogP contribution in [-0.4, -0.2) is 16.9 Å². The molecule has 3 rings (SSSR count). The van der Waals surface area contributed by atoms with Gasteiger partial charge in [0.05, 0.1) is 11.4 Å². The van der Waals surface area contributed by atoms with Crippen molar-refractivity contribution in [3.8, 4) is 21.8 Å². The van der Waals surface area contributed by atoms with Crippen molar-refractivity contribution in [3.63, 3.8) is 0 Å². The number of nitrogens with two attached hydrogens (primary N) is 3. The molecule has 0 unspecified atom stereocenters. The van der Waals surface area contributed by atoms with E-state index < -0.39 is 0 Å². The first-order valence-corrected chi connectivity index (χ1v) is 8.05. The van der Waals surface area contributed by atoms with Gasteiger partial charge in [-0.05, 0) is 12.1 Å². The summed E-state index contributed by atoms with van der Waals surface area (Å²) in [5.41, 5.74) is 19.8. The predicted octanol–water partition coefficient (Wildman–Crippen LogP) is 2.70. The fraction of sp³-hybridized carbons (Fsp3) is 0. The SMILES string of the molecule is NC(N)=NC(N)=Nc1cccc(-c2csc(-c3ccccc3)n2)c1. The van der Waals surface area contributed by atoms with Gasteiger partial charge in [0.1, 0.15) is 5.01 Å². The average molecular weight is 336 g/mol. The van der Waals surface area contributed by atoms with E-state index in [0.717, 1.165) is 21.8 Å². The zero-order valence-electron chi connectivity index (χ0n) is 12.8. The summed E-state index contributed by atoms with van der Waals surface area (Å²) in [4.78, 5) is 12.6. The maximum Gasteiger partial charge on any atom is 0.223 e. The molecule has 0 atom stereocenters. The van der Waals surface area contributed by atoms with Crippen molar-refractivity contribution in [1.29, 1.82) is 0 Å². The van der Waals surface area contributed by atoms with Gasteiger partial charge in [0.2, 0.25) is 5.96 Å². The Labute approximate surface area is 143 Å². The molecular weight excluding hydrogens is 320 g/mol. The molecule has 0 saturated heterocycles. The summed E-state index contributed by atoms with van der Waals surface area (Å²) >= 11 is 1.60. The third-order valence-corrected chi connectivity index (χ3v) is 4.05. The van der Waals surface area contributed by atoms with Gasteiger partial charge in [-0.1, -0.05) is 42.5 Å². The van der Waals surface area contributed by atoms with E-state index in [2.05, 4.69) is 9.98 Å². The highest BCUT2D eigenvalue weighted by atomic mass is 32.1. The van der Waals surface area contributed by atoms with Gasteiger partial charge in [-0.25, -0.2) is 9.98 Å². The Morgan fingerprint density at radius 1 is 0.917 bits per heavy atom. The van der Waals surface area contributed by atoms with Crippen LogP contribution in [0.5, 0.6) is 0 Å². The van der Waals surface area contributed by atoms with Gasteiger partial charge in [0, 0.05) is 16.5 Å². The largest absolute Gasteiger partial charge is 0.370 e. The minimum Gasteiger partial charge on any atom is -0.370 e. The minimum absolute atomic E-state index is 0.00963. The molecule has 7 heteroatoms. The van der Waals surface area contributed by atoms with Gasteiger partial charge in [0.15, 0.2) is 5.96 Å². The van der Waals surface area contributed by atoms with Crippen molar-refractivity contribution in [2.24, 2.45) is 27.2 Å². The standard InChI is InChI=1S/C17H16N6S/c18-16(19)23-17(20)21-13-8-4-7-12(9-13)14-10-24-15(22-14)11-5-2-1-3-6-11/h1-10H,(H6,18,19,20,21,23). The van der Waals surface area contributed by atoms with Crippen LogP contribution >= 0.6 is 11.3 Å². The topological polar surface area (TPSA) is 116 Å². The molecular formula is C17H16N6S. The molecule has 0 bridgehead atoms. The number of hydrogen-bond acceptors (Lipinski definition) is 3. The zero-order valence-corrected chi connectivity index (χ0v) is 13.6. The first-order valence-electron chi connectivity index (χ1n) is 7.17. The molecule has 1 aromatic heterocycles. The monoisotopic (exact) mass is 336 g/mol. The molecule has 0 aliphatic heterocycles. The molecule has 0 radical (unpaired) electrons. The summed E-state index contributed by atoms with van der Waals surface area (Å²) in [7, 11) is 0. The lowest BCUT2D eigenvalue weighted by atomic mass is 10.1. The number of nitrogens with zero attached hydrogens (tertiary/aromatic N) is 3. The fourth-order valence-electron chi connectivity index (χ4n) is 2.14. The zero-order chi connectivity index (χ0) is 16.9. The van der Waals surface area contributed by atoms with Gasteiger partial charge in [-0.2, -0.15) is 4.99 Å². The summed E-state index contributed by atoms with van der Waals surface area (Å²) in [5, 5.41) is 2.99. The lowest BCUT2D eigenvalue weighted by molar-refractivity contribution is 1.37. The quantitative estimate of drug-likeness (QED) is 0.503. The molecule has 0 spiro atoms. The van der Waals surface area contributed by atoms with E-state index in [0.29, 0.717) is 5.69 Å². The third kappa shape index (κ3) is 3.76. The van der Waals surface area contributed by atoms with E-state index in [9.17, 15) is 0 Å². The molecule has 1 heterocycles. The van der Waals surface area contributed by atoms with Crippen LogP contribution in [-0.2, 0) is 0 Å². The van der Waals surface area contributed by atoms with Crippen LogP contribution in [0, 0.1) is 0 Å². The molecule has 0 aliphatic carbocycles. The number of hydrogen-bond donors (Lipinski definition) is 3. The Kier molecular flexibility index (Phi) is 4.53. The Bertz CT molecular complexity index is 894. The second-order valence-electron chi connectivity index (χ2n) is 4.96. The highest BCUT2D eigenvalue weighted by Gasteiger charge is 2.07. The summed E-state index contributed by atoms with van der Waals surface area (Å²) in [6.45, 7) is 0. The Balaban J connectivity index is 1.90. The van der Waals surface area contributed by atoms with E-state index in [4.69, 9.17) is 22.2 Å². The highest BCUT2D eigenvalue weighted by molar-refractivity contribution is 7.13.